The number of aromatic nitrogens is 1. The number of carbonyl (C=O) groups is 1. The lowest BCUT2D eigenvalue weighted by Gasteiger charge is -2.21. The van der Waals surface area contributed by atoms with E-state index in [1.807, 2.05) is 0 Å². The van der Waals surface area contributed by atoms with Crippen LogP contribution in [-0.4, -0.2) is 28.8 Å². The van der Waals surface area contributed by atoms with Crippen molar-refractivity contribution in [2.45, 2.75) is 31.8 Å². The topological polar surface area (TPSA) is 59.4 Å². The van der Waals surface area contributed by atoms with Gasteiger partial charge in [-0.1, -0.05) is 0 Å². The zero-order valence-electron chi connectivity index (χ0n) is 10.5. The Morgan fingerprint density at radius 2 is 2.37 bits per heavy atom. The number of ether oxygens (including phenoxy) is 1. The molecule has 0 aliphatic carbocycles. The van der Waals surface area contributed by atoms with Gasteiger partial charge in [-0.15, -0.1) is 11.3 Å². The highest BCUT2D eigenvalue weighted by Gasteiger charge is 2.17. The summed E-state index contributed by atoms with van der Waals surface area (Å²) in [6.45, 7) is 0.846. The fraction of sp³-hybridized carbons (Fsp3) is 0.429. The first-order valence-electron chi connectivity index (χ1n) is 6.47. The van der Waals surface area contributed by atoms with Gasteiger partial charge in [0.25, 0.3) is 0 Å². The van der Waals surface area contributed by atoms with E-state index in [4.69, 9.17) is 9.84 Å². The van der Waals surface area contributed by atoms with E-state index >= 15 is 0 Å². The van der Waals surface area contributed by atoms with Gasteiger partial charge in [-0.05, 0) is 37.5 Å². The summed E-state index contributed by atoms with van der Waals surface area (Å²) in [6.07, 6.45) is 4.57. The Morgan fingerprint density at radius 1 is 1.47 bits per heavy atom. The second-order valence-corrected chi connectivity index (χ2v) is 5.90. The molecule has 1 N–H and O–H groups in total. The van der Waals surface area contributed by atoms with E-state index in [-0.39, 0.29) is 6.10 Å². The summed E-state index contributed by atoms with van der Waals surface area (Å²) >= 11 is 1.57. The van der Waals surface area contributed by atoms with Crippen LogP contribution in [-0.2, 0) is 11.2 Å². The summed E-state index contributed by atoms with van der Waals surface area (Å²) in [4.78, 5) is 15.5. The minimum Gasteiger partial charge on any atom is -0.478 e. The lowest BCUT2D eigenvalue weighted by molar-refractivity contribution is 0.0168. The van der Waals surface area contributed by atoms with Crippen molar-refractivity contribution in [1.82, 2.24) is 4.98 Å². The Bertz CT molecular complexity index is 602. The number of carboxylic acid groups (broad SMARTS) is 1. The molecular weight excluding hydrogens is 262 g/mol. The summed E-state index contributed by atoms with van der Waals surface area (Å²) in [5, 5.41) is 10.0. The van der Waals surface area contributed by atoms with Gasteiger partial charge in [0, 0.05) is 13.0 Å². The maximum Gasteiger partial charge on any atom is 0.335 e. The molecule has 1 aromatic heterocycles. The molecule has 1 fully saturated rings. The number of carboxylic acids is 1. The molecule has 3 rings (SSSR count). The molecule has 0 spiro atoms. The number of aromatic carboxylic acids is 1. The molecule has 1 unspecified atom stereocenters. The number of nitrogens with zero attached hydrogens (tertiary/aromatic N) is 1. The second kappa shape index (κ2) is 5.27. The lowest BCUT2D eigenvalue weighted by atomic mass is 10.1. The van der Waals surface area contributed by atoms with Gasteiger partial charge in [0.2, 0.25) is 0 Å². The van der Waals surface area contributed by atoms with Gasteiger partial charge >= 0.3 is 5.97 Å². The van der Waals surface area contributed by atoms with Crippen molar-refractivity contribution in [3.63, 3.8) is 0 Å². The first-order chi connectivity index (χ1) is 9.22. The number of benzene rings is 1. The monoisotopic (exact) mass is 277 g/mol. The van der Waals surface area contributed by atoms with Crippen LogP contribution in [0.3, 0.4) is 0 Å². The van der Waals surface area contributed by atoms with E-state index in [1.54, 1.807) is 29.5 Å². The van der Waals surface area contributed by atoms with Gasteiger partial charge in [0.1, 0.15) is 0 Å². The minimum atomic E-state index is -0.896. The molecule has 4 nitrogen and oxygen atoms in total. The van der Waals surface area contributed by atoms with E-state index in [9.17, 15) is 4.79 Å². The summed E-state index contributed by atoms with van der Waals surface area (Å²) in [7, 11) is 0. The van der Waals surface area contributed by atoms with Crippen molar-refractivity contribution in [2.75, 3.05) is 6.61 Å². The van der Waals surface area contributed by atoms with Gasteiger partial charge in [0.05, 0.1) is 26.9 Å². The molecule has 2 aromatic rings. The fourth-order valence-electron chi connectivity index (χ4n) is 2.36. The van der Waals surface area contributed by atoms with Crippen LogP contribution in [0.15, 0.2) is 18.2 Å². The Balaban J connectivity index is 1.82. The predicted molar refractivity (Wildman–Crippen MR) is 73.9 cm³/mol. The molecule has 2 heterocycles. The molecule has 1 aliphatic rings. The minimum absolute atomic E-state index is 0.272. The molecule has 1 aliphatic heterocycles. The van der Waals surface area contributed by atoms with Crippen LogP contribution in [0.2, 0.25) is 0 Å². The number of thiazole rings is 1. The van der Waals surface area contributed by atoms with Crippen LogP contribution in [0.5, 0.6) is 0 Å². The van der Waals surface area contributed by atoms with Crippen molar-refractivity contribution in [1.29, 1.82) is 0 Å². The van der Waals surface area contributed by atoms with Gasteiger partial charge in [-0.2, -0.15) is 0 Å². The fourth-order valence-corrected chi connectivity index (χ4v) is 3.43. The van der Waals surface area contributed by atoms with Gasteiger partial charge in [-0.25, -0.2) is 9.78 Å². The summed E-state index contributed by atoms with van der Waals surface area (Å²) in [5.74, 6) is -0.896. The van der Waals surface area contributed by atoms with Crippen LogP contribution >= 0.6 is 11.3 Å². The van der Waals surface area contributed by atoms with E-state index < -0.39 is 5.97 Å². The molecule has 1 atom stereocenters. The average molecular weight is 277 g/mol. The largest absolute Gasteiger partial charge is 0.478 e. The molecule has 5 heteroatoms. The van der Waals surface area contributed by atoms with Crippen molar-refractivity contribution in [3.05, 3.63) is 28.8 Å². The summed E-state index contributed by atoms with van der Waals surface area (Å²) < 4.78 is 6.65. The maximum atomic E-state index is 10.9. The molecule has 100 valence electrons. The van der Waals surface area contributed by atoms with Crippen LogP contribution < -0.4 is 0 Å². The summed E-state index contributed by atoms with van der Waals surface area (Å²) in [5.41, 5.74) is 1.19. The normalized spacial score (nSPS) is 19.7. The Morgan fingerprint density at radius 3 is 3.11 bits per heavy atom. The molecule has 1 aromatic carbocycles. The smallest absolute Gasteiger partial charge is 0.335 e. The third-order valence-electron chi connectivity index (χ3n) is 3.36. The van der Waals surface area contributed by atoms with Crippen molar-refractivity contribution in [3.8, 4) is 0 Å². The molecular formula is C14H15NO3S. The zero-order valence-corrected chi connectivity index (χ0v) is 11.3. The van der Waals surface area contributed by atoms with Gasteiger partial charge in [-0.3, -0.25) is 0 Å². The zero-order chi connectivity index (χ0) is 13.2. The van der Waals surface area contributed by atoms with Crippen LogP contribution in [0, 0.1) is 0 Å². The van der Waals surface area contributed by atoms with Gasteiger partial charge in [0.15, 0.2) is 0 Å². The number of fused-ring (bicyclic) bond motifs is 1. The van der Waals surface area contributed by atoms with Crippen molar-refractivity contribution >= 4 is 27.5 Å². The third kappa shape index (κ3) is 2.77. The van der Waals surface area contributed by atoms with E-state index in [1.165, 1.54) is 6.42 Å². The van der Waals surface area contributed by atoms with Crippen molar-refractivity contribution < 1.29 is 14.6 Å². The molecule has 1 saturated heterocycles. The average Bonchev–Trinajstić information content (AvgIpc) is 2.80. The van der Waals surface area contributed by atoms with Crippen LogP contribution in [0.25, 0.3) is 10.2 Å². The Hall–Kier alpha value is -1.46. The predicted octanol–water partition coefficient (Wildman–Crippen LogP) is 3.11. The lowest BCUT2D eigenvalue weighted by Crippen LogP contribution is -2.21. The highest BCUT2D eigenvalue weighted by molar-refractivity contribution is 7.18. The van der Waals surface area contributed by atoms with Crippen LogP contribution in [0.4, 0.5) is 0 Å². The molecule has 0 radical (unpaired) electrons. The number of rotatable bonds is 3. The summed E-state index contributed by atoms with van der Waals surface area (Å²) in [6, 6.07) is 5.08. The maximum absolute atomic E-state index is 10.9. The third-order valence-corrected chi connectivity index (χ3v) is 4.40. The molecule has 0 bridgehead atoms. The SMILES string of the molecule is O=C(O)c1ccc2nc(CC3CCCCO3)sc2c1. The molecule has 19 heavy (non-hydrogen) atoms. The van der Waals surface area contributed by atoms with E-state index in [2.05, 4.69) is 4.98 Å². The number of hydrogen-bond acceptors (Lipinski definition) is 4. The first kappa shape index (κ1) is 12.6. The van der Waals surface area contributed by atoms with Crippen LogP contribution in [0.1, 0.15) is 34.6 Å². The Labute approximate surface area is 115 Å². The molecule has 0 saturated carbocycles. The van der Waals surface area contributed by atoms with E-state index in [0.29, 0.717) is 5.56 Å². The highest BCUT2D eigenvalue weighted by atomic mass is 32.1. The van der Waals surface area contributed by atoms with Crippen molar-refractivity contribution in [2.24, 2.45) is 0 Å². The quantitative estimate of drug-likeness (QED) is 0.936. The standard InChI is InChI=1S/C14H15NO3S/c16-14(17)9-4-5-11-12(7-9)19-13(15-11)8-10-3-1-2-6-18-10/h4-5,7,10H,1-3,6,8H2,(H,16,17). The van der Waals surface area contributed by atoms with Gasteiger partial charge < -0.3 is 9.84 Å². The molecule has 0 amide bonds. The highest BCUT2D eigenvalue weighted by Crippen LogP contribution is 2.26. The number of hydrogen-bond donors (Lipinski definition) is 1. The van der Waals surface area contributed by atoms with E-state index in [0.717, 1.165) is 41.1 Å². The Kier molecular flexibility index (Phi) is 3.48. The first-order valence-corrected chi connectivity index (χ1v) is 7.28. The second-order valence-electron chi connectivity index (χ2n) is 4.79.